The second kappa shape index (κ2) is 8.97. The van der Waals surface area contributed by atoms with Gasteiger partial charge in [0.25, 0.3) is 0 Å². The number of hydrogen-bond donors (Lipinski definition) is 0. The van der Waals surface area contributed by atoms with Crippen LogP contribution in [-0.2, 0) is 23.9 Å². The van der Waals surface area contributed by atoms with Gasteiger partial charge in [-0.25, -0.2) is 9.59 Å². The Morgan fingerprint density at radius 3 is 2.29 bits per heavy atom. The van der Waals surface area contributed by atoms with E-state index in [1.807, 2.05) is 0 Å². The van der Waals surface area contributed by atoms with Gasteiger partial charge in [0, 0.05) is 16.4 Å². The molecule has 1 unspecified atom stereocenters. The third kappa shape index (κ3) is 5.02. The number of methoxy groups -OCH3 is 1. The SMILES string of the molecule is CCOC(=O)C([C@H](CC(=O)C(=O)OC)c1ccc(Cl)cc1)[N+](=O)[O-]. The fourth-order valence-corrected chi connectivity index (χ4v) is 2.27. The van der Waals surface area contributed by atoms with E-state index in [1.165, 1.54) is 31.2 Å². The third-order valence-electron chi connectivity index (χ3n) is 3.25. The lowest BCUT2D eigenvalue weighted by Gasteiger charge is -2.19. The molecule has 0 N–H and O–H groups in total. The number of ether oxygens (including phenoxy) is 2. The van der Waals surface area contributed by atoms with Crippen molar-refractivity contribution >= 4 is 29.3 Å². The normalized spacial score (nSPS) is 12.8. The Balaban J connectivity index is 3.26. The maximum Gasteiger partial charge on any atom is 0.382 e. The molecule has 1 aromatic carbocycles. The first-order chi connectivity index (χ1) is 11.3. The highest BCUT2D eigenvalue weighted by Crippen LogP contribution is 2.28. The van der Waals surface area contributed by atoms with Crippen molar-refractivity contribution in [3.63, 3.8) is 0 Å². The minimum Gasteiger partial charge on any atom is -0.463 e. The Hall–Kier alpha value is -2.48. The van der Waals surface area contributed by atoms with Crippen molar-refractivity contribution in [3.8, 4) is 0 Å². The van der Waals surface area contributed by atoms with Gasteiger partial charge in [-0.1, -0.05) is 23.7 Å². The standard InChI is InChI=1S/C15H16ClNO7/c1-3-24-15(20)13(17(21)22)11(8-12(18)14(19)23-2)9-4-6-10(16)7-5-9/h4-7,11,13H,3,8H2,1-2H3/t11-,13?/m1/s1. The van der Waals surface area contributed by atoms with Crippen LogP contribution in [0.25, 0.3) is 0 Å². The Morgan fingerprint density at radius 1 is 1.25 bits per heavy atom. The summed E-state index contributed by atoms with van der Waals surface area (Å²) < 4.78 is 9.05. The summed E-state index contributed by atoms with van der Waals surface area (Å²) in [6, 6.07) is 4.00. The van der Waals surface area contributed by atoms with E-state index < -0.39 is 41.0 Å². The molecule has 0 amide bonds. The molecule has 0 aliphatic rings. The molecule has 24 heavy (non-hydrogen) atoms. The van der Waals surface area contributed by atoms with Gasteiger partial charge in [0.05, 0.1) is 19.6 Å². The van der Waals surface area contributed by atoms with Gasteiger partial charge in [-0.15, -0.1) is 0 Å². The van der Waals surface area contributed by atoms with Gasteiger partial charge in [0.2, 0.25) is 5.78 Å². The van der Waals surface area contributed by atoms with Gasteiger partial charge < -0.3 is 9.47 Å². The highest BCUT2D eigenvalue weighted by atomic mass is 35.5. The number of rotatable bonds is 8. The first-order valence-electron chi connectivity index (χ1n) is 6.98. The van der Waals surface area contributed by atoms with Gasteiger partial charge in [-0.05, 0) is 24.6 Å². The van der Waals surface area contributed by atoms with Gasteiger partial charge in [-0.3, -0.25) is 14.9 Å². The van der Waals surface area contributed by atoms with Crippen molar-refractivity contribution < 1.29 is 28.8 Å². The molecule has 9 heteroatoms. The van der Waals surface area contributed by atoms with Crippen molar-refractivity contribution in [2.75, 3.05) is 13.7 Å². The molecule has 0 heterocycles. The van der Waals surface area contributed by atoms with Crippen LogP contribution < -0.4 is 0 Å². The summed E-state index contributed by atoms with van der Waals surface area (Å²) in [6.45, 7) is 1.45. The van der Waals surface area contributed by atoms with Gasteiger partial charge in [-0.2, -0.15) is 0 Å². The van der Waals surface area contributed by atoms with E-state index in [0.29, 0.717) is 10.6 Å². The number of nitro groups is 1. The predicted molar refractivity (Wildman–Crippen MR) is 83.2 cm³/mol. The molecule has 0 saturated carbocycles. The predicted octanol–water partition coefficient (Wildman–Crippen LogP) is 1.76. The van der Waals surface area contributed by atoms with Crippen molar-refractivity contribution in [3.05, 3.63) is 45.0 Å². The van der Waals surface area contributed by atoms with Crippen LogP contribution in [0.3, 0.4) is 0 Å². The lowest BCUT2D eigenvalue weighted by molar-refractivity contribution is -0.514. The summed E-state index contributed by atoms with van der Waals surface area (Å²) in [4.78, 5) is 45.7. The average Bonchev–Trinajstić information content (AvgIpc) is 2.54. The van der Waals surface area contributed by atoms with Crippen molar-refractivity contribution in [2.45, 2.75) is 25.3 Å². The van der Waals surface area contributed by atoms with Crippen molar-refractivity contribution in [2.24, 2.45) is 0 Å². The van der Waals surface area contributed by atoms with Crippen LogP contribution in [0.4, 0.5) is 0 Å². The number of benzene rings is 1. The fourth-order valence-electron chi connectivity index (χ4n) is 2.14. The van der Waals surface area contributed by atoms with E-state index in [1.54, 1.807) is 0 Å². The van der Waals surface area contributed by atoms with Crippen molar-refractivity contribution in [1.82, 2.24) is 0 Å². The molecule has 0 aliphatic carbocycles. The van der Waals surface area contributed by atoms with Crippen LogP contribution >= 0.6 is 11.6 Å². The third-order valence-corrected chi connectivity index (χ3v) is 3.50. The van der Waals surface area contributed by atoms with Crippen molar-refractivity contribution in [1.29, 1.82) is 0 Å². The average molecular weight is 358 g/mol. The first-order valence-corrected chi connectivity index (χ1v) is 7.36. The molecular formula is C15H16ClNO7. The number of Topliss-reactive ketones (excluding diaryl/α,β-unsaturated/α-hetero) is 1. The number of halogens is 1. The summed E-state index contributed by atoms with van der Waals surface area (Å²) in [5, 5.41) is 11.7. The minimum absolute atomic E-state index is 0.0541. The Kier molecular flexibility index (Phi) is 7.31. The zero-order chi connectivity index (χ0) is 18.3. The zero-order valence-corrected chi connectivity index (χ0v) is 13.8. The Bertz CT molecular complexity index is 629. The molecule has 2 atom stereocenters. The van der Waals surface area contributed by atoms with Gasteiger partial charge in [0.15, 0.2) is 0 Å². The van der Waals surface area contributed by atoms with Crippen LogP contribution in [0.2, 0.25) is 5.02 Å². The van der Waals surface area contributed by atoms with Gasteiger partial charge >= 0.3 is 18.0 Å². The van der Waals surface area contributed by atoms with E-state index in [-0.39, 0.29) is 6.61 Å². The largest absolute Gasteiger partial charge is 0.463 e. The molecule has 0 spiro atoms. The lowest BCUT2D eigenvalue weighted by atomic mass is 9.87. The van der Waals surface area contributed by atoms with Crippen LogP contribution in [0.1, 0.15) is 24.8 Å². The van der Waals surface area contributed by atoms with Gasteiger partial charge in [0.1, 0.15) is 0 Å². The van der Waals surface area contributed by atoms with Crippen LogP contribution in [0.15, 0.2) is 24.3 Å². The first kappa shape index (κ1) is 19.6. The molecule has 0 saturated heterocycles. The van der Waals surface area contributed by atoms with E-state index in [9.17, 15) is 24.5 Å². The molecule has 1 aromatic rings. The number of carbonyl (C=O) groups is 3. The smallest absolute Gasteiger partial charge is 0.382 e. The minimum atomic E-state index is -1.83. The lowest BCUT2D eigenvalue weighted by Crippen LogP contribution is -2.39. The number of hydrogen-bond acceptors (Lipinski definition) is 7. The monoisotopic (exact) mass is 357 g/mol. The molecule has 0 bridgehead atoms. The fraction of sp³-hybridized carbons (Fsp3) is 0.400. The topological polar surface area (TPSA) is 113 Å². The summed E-state index contributed by atoms with van der Waals surface area (Å²) in [5.74, 6) is -4.39. The van der Waals surface area contributed by atoms with E-state index in [0.717, 1.165) is 7.11 Å². The molecule has 0 aliphatic heterocycles. The second-order valence-electron chi connectivity index (χ2n) is 4.76. The Labute approximate surface area is 142 Å². The second-order valence-corrected chi connectivity index (χ2v) is 5.20. The van der Waals surface area contributed by atoms with Crippen LogP contribution in [0.5, 0.6) is 0 Å². The molecule has 0 fully saturated rings. The zero-order valence-electron chi connectivity index (χ0n) is 13.1. The molecule has 1 rings (SSSR count). The summed E-state index contributed by atoms with van der Waals surface area (Å²) in [5.41, 5.74) is 0.311. The maximum absolute atomic E-state index is 12.0. The molecule has 0 aromatic heterocycles. The van der Waals surface area contributed by atoms with E-state index in [2.05, 4.69) is 4.74 Å². The number of ketones is 1. The molecule has 0 radical (unpaired) electrons. The number of esters is 2. The van der Waals surface area contributed by atoms with Crippen LogP contribution in [-0.4, -0.2) is 42.4 Å². The van der Waals surface area contributed by atoms with E-state index in [4.69, 9.17) is 16.3 Å². The maximum atomic E-state index is 12.0. The molecule has 8 nitrogen and oxygen atoms in total. The Morgan fingerprint density at radius 2 is 1.83 bits per heavy atom. The highest BCUT2D eigenvalue weighted by molar-refractivity contribution is 6.33. The molecular weight excluding hydrogens is 342 g/mol. The van der Waals surface area contributed by atoms with Crippen LogP contribution in [0, 0.1) is 10.1 Å². The highest BCUT2D eigenvalue weighted by Gasteiger charge is 2.43. The quantitative estimate of drug-likeness (QED) is 0.301. The summed E-state index contributed by atoms with van der Waals surface area (Å²) in [6.07, 6.45) is -0.571. The summed E-state index contributed by atoms with van der Waals surface area (Å²) >= 11 is 5.78. The molecule has 130 valence electrons. The number of carbonyl (C=O) groups excluding carboxylic acids is 3. The summed E-state index contributed by atoms with van der Waals surface area (Å²) in [7, 11) is 1.02. The van der Waals surface area contributed by atoms with E-state index >= 15 is 0 Å². The number of nitrogens with zero attached hydrogens (tertiary/aromatic N) is 1.